The second-order valence-corrected chi connectivity index (χ2v) is 8.59. The minimum absolute atomic E-state index is 0.131. The fourth-order valence-corrected chi connectivity index (χ4v) is 3.70. The topological polar surface area (TPSA) is 137 Å². The Labute approximate surface area is 184 Å². The molecule has 2 heterocycles. The zero-order chi connectivity index (χ0) is 22.7. The van der Waals surface area contributed by atoms with Crippen molar-refractivity contribution in [1.29, 1.82) is 0 Å². The number of halogens is 1. The predicted octanol–water partition coefficient (Wildman–Crippen LogP) is 3.24. The molecule has 2 aromatic carbocycles. The van der Waals surface area contributed by atoms with Crippen LogP contribution in [0, 0.1) is 5.82 Å². The van der Waals surface area contributed by atoms with Gasteiger partial charge in [-0.2, -0.15) is 4.98 Å². The number of rotatable bonds is 6. The molecule has 0 fully saturated rings. The number of primary sulfonamides is 1. The van der Waals surface area contributed by atoms with E-state index >= 15 is 4.39 Å². The number of nitrogens with one attached hydrogen (secondary N) is 1. The highest BCUT2D eigenvalue weighted by Gasteiger charge is 2.17. The molecule has 4 aromatic rings. The first-order valence-corrected chi connectivity index (χ1v) is 11.1. The third kappa shape index (κ3) is 4.88. The van der Waals surface area contributed by atoms with Gasteiger partial charge < -0.3 is 11.1 Å². The normalized spacial score (nSPS) is 11.3. The Kier molecular flexibility index (Phi) is 5.80. The molecule has 4 rings (SSSR count). The third-order valence-electron chi connectivity index (χ3n) is 4.65. The van der Waals surface area contributed by atoms with Crippen LogP contribution in [0.2, 0.25) is 0 Å². The van der Waals surface area contributed by atoms with Crippen molar-refractivity contribution in [3.05, 3.63) is 90.0 Å². The number of nitrogens with zero attached hydrogens (tertiary/aromatic N) is 3. The Morgan fingerprint density at radius 1 is 0.969 bits per heavy atom. The highest BCUT2D eigenvalue weighted by molar-refractivity contribution is 7.89. The van der Waals surface area contributed by atoms with Gasteiger partial charge in [-0.1, -0.05) is 30.3 Å². The molecular weight excluding hydrogens is 431 g/mol. The van der Waals surface area contributed by atoms with E-state index in [1.807, 2.05) is 24.3 Å². The van der Waals surface area contributed by atoms with Gasteiger partial charge in [-0.25, -0.2) is 22.9 Å². The largest absolute Gasteiger partial charge is 0.368 e. The van der Waals surface area contributed by atoms with Crippen molar-refractivity contribution in [3.63, 3.8) is 0 Å². The van der Waals surface area contributed by atoms with E-state index in [-0.39, 0.29) is 27.9 Å². The first-order chi connectivity index (χ1) is 15.3. The molecule has 0 radical (unpaired) electrons. The van der Waals surface area contributed by atoms with E-state index in [0.717, 1.165) is 11.1 Å². The van der Waals surface area contributed by atoms with Crippen LogP contribution in [0.25, 0.3) is 11.3 Å². The van der Waals surface area contributed by atoms with Crippen LogP contribution in [-0.4, -0.2) is 23.4 Å². The summed E-state index contributed by atoms with van der Waals surface area (Å²) in [5, 5.41) is 8.07. The summed E-state index contributed by atoms with van der Waals surface area (Å²) >= 11 is 0. The van der Waals surface area contributed by atoms with Gasteiger partial charge in [-0.05, 0) is 47.9 Å². The number of aromatic nitrogens is 3. The van der Waals surface area contributed by atoms with Crippen molar-refractivity contribution in [2.24, 2.45) is 5.14 Å². The van der Waals surface area contributed by atoms with Crippen molar-refractivity contribution < 1.29 is 12.8 Å². The van der Waals surface area contributed by atoms with Gasteiger partial charge in [-0.15, -0.1) is 0 Å². The van der Waals surface area contributed by atoms with Crippen LogP contribution in [0.1, 0.15) is 11.1 Å². The van der Waals surface area contributed by atoms with Gasteiger partial charge in [-0.3, -0.25) is 4.98 Å². The van der Waals surface area contributed by atoms with Gasteiger partial charge >= 0.3 is 0 Å². The van der Waals surface area contributed by atoms with E-state index < -0.39 is 15.8 Å². The van der Waals surface area contributed by atoms with Crippen molar-refractivity contribution in [1.82, 2.24) is 15.0 Å². The van der Waals surface area contributed by atoms with Crippen LogP contribution in [0.4, 0.5) is 21.8 Å². The maximum atomic E-state index is 15.2. The molecule has 0 atom stereocenters. The standard InChI is InChI=1S/C22H19FN6O2S/c23-19-20(16-4-1-5-18(12-16)32(25,30)31)28-22(24)29-21(19)27-17-8-6-14(7-9-17)11-15-3-2-10-26-13-15/h1-10,12-13H,11H2,(H2,25,30,31)(H3,24,27,28,29). The van der Waals surface area contributed by atoms with Gasteiger partial charge in [0.25, 0.3) is 0 Å². The molecule has 0 bridgehead atoms. The molecule has 0 unspecified atom stereocenters. The summed E-state index contributed by atoms with van der Waals surface area (Å²) in [4.78, 5) is 11.8. The number of sulfonamides is 1. The number of benzene rings is 2. The molecular formula is C22H19FN6O2S. The van der Waals surface area contributed by atoms with E-state index in [2.05, 4.69) is 20.3 Å². The van der Waals surface area contributed by atoms with Crippen LogP contribution in [0.5, 0.6) is 0 Å². The van der Waals surface area contributed by atoms with E-state index in [1.54, 1.807) is 24.5 Å². The summed E-state index contributed by atoms with van der Waals surface area (Å²) in [7, 11) is -3.96. The Morgan fingerprint density at radius 3 is 2.44 bits per heavy atom. The Balaban J connectivity index is 1.61. The number of pyridine rings is 1. The molecule has 0 spiro atoms. The molecule has 32 heavy (non-hydrogen) atoms. The molecule has 162 valence electrons. The zero-order valence-corrected chi connectivity index (χ0v) is 17.6. The lowest BCUT2D eigenvalue weighted by Gasteiger charge is -2.12. The summed E-state index contributed by atoms with van der Waals surface area (Å²) in [6.45, 7) is 0. The highest BCUT2D eigenvalue weighted by atomic mass is 32.2. The average Bonchev–Trinajstić information content (AvgIpc) is 2.77. The first kappa shape index (κ1) is 21.3. The molecule has 0 saturated carbocycles. The zero-order valence-electron chi connectivity index (χ0n) is 16.7. The summed E-state index contributed by atoms with van der Waals surface area (Å²) in [5.41, 5.74) is 8.58. The molecule has 0 aliphatic heterocycles. The summed E-state index contributed by atoms with van der Waals surface area (Å²) in [6, 6.07) is 16.8. The van der Waals surface area contributed by atoms with Crippen molar-refractivity contribution in [2.45, 2.75) is 11.3 Å². The Morgan fingerprint density at radius 2 is 1.75 bits per heavy atom. The smallest absolute Gasteiger partial charge is 0.238 e. The lowest BCUT2D eigenvalue weighted by atomic mass is 10.1. The van der Waals surface area contributed by atoms with Crippen LogP contribution in [-0.2, 0) is 16.4 Å². The van der Waals surface area contributed by atoms with Crippen molar-refractivity contribution in [3.8, 4) is 11.3 Å². The molecule has 0 aliphatic carbocycles. The van der Waals surface area contributed by atoms with Gasteiger partial charge in [0.05, 0.1) is 4.90 Å². The van der Waals surface area contributed by atoms with Crippen molar-refractivity contribution in [2.75, 3.05) is 11.1 Å². The number of anilines is 3. The quantitative estimate of drug-likeness (QED) is 0.410. The number of hydrogen-bond acceptors (Lipinski definition) is 7. The maximum absolute atomic E-state index is 15.2. The lowest BCUT2D eigenvalue weighted by molar-refractivity contribution is 0.597. The van der Waals surface area contributed by atoms with Crippen LogP contribution < -0.4 is 16.2 Å². The van der Waals surface area contributed by atoms with Crippen LogP contribution in [0.3, 0.4) is 0 Å². The minimum Gasteiger partial charge on any atom is -0.368 e. The number of hydrogen-bond donors (Lipinski definition) is 3. The third-order valence-corrected chi connectivity index (χ3v) is 5.56. The van der Waals surface area contributed by atoms with Gasteiger partial charge in [0.1, 0.15) is 5.69 Å². The highest BCUT2D eigenvalue weighted by Crippen LogP contribution is 2.29. The Bertz CT molecular complexity index is 1360. The first-order valence-electron chi connectivity index (χ1n) is 9.51. The molecule has 0 aliphatic rings. The minimum atomic E-state index is -3.96. The summed E-state index contributed by atoms with van der Waals surface area (Å²) in [5.74, 6) is -1.07. The van der Waals surface area contributed by atoms with E-state index in [9.17, 15) is 8.42 Å². The molecule has 8 nitrogen and oxygen atoms in total. The molecule has 10 heteroatoms. The SMILES string of the molecule is Nc1nc(Nc2ccc(Cc3cccnc3)cc2)c(F)c(-c2cccc(S(N)(=O)=O)c2)n1. The summed E-state index contributed by atoms with van der Waals surface area (Å²) in [6.07, 6.45) is 4.24. The predicted molar refractivity (Wildman–Crippen MR) is 120 cm³/mol. The summed E-state index contributed by atoms with van der Waals surface area (Å²) < 4.78 is 38.4. The molecule has 0 amide bonds. The number of nitrogens with two attached hydrogens (primary N) is 2. The molecule has 0 saturated heterocycles. The fourth-order valence-electron chi connectivity index (χ4n) is 3.14. The van der Waals surface area contributed by atoms with Gasteiger partial charge in [0.15, 0.2) is 11.6 Å². The second kappa shape index (κ2) is 8.69. The fraction of sp³-hybridized carbons (Fsp3) is 0.0455. The van der Waals surface area contributed by atoms with E-state index in [4.69, 9.17) is 10.9 Å². The van der Waals surface area contributed by atoms with Gasteiger partial charge in [0.2, 0.25) is 16.0 Å². The van der Waals surface area contributed by atoms with Gasteiger partial charge in [0, 0.05) is 23.6 Å². The second-order valence-electron chi connectivity index (χ2n) is 7.03. The van der Waals surface area contributed by atoms with Crippen LogP contribution in [0.15, 0.2) is 78.0 Å². The Hall–Kier alpha value is -3.89. The molecule has 5 N–H and O–H groups in total. The molecule has 2 aromatic heterocycles. The maximum Gasteiger partial charge on any atom is 0.238 e. The van der Waals surface area contributed by atoms with E-state index in [0.29, 0.717) is 12.1 Å². The van der Waals surface area contributed by atoms with E-state index in [1.165, 1.54) is 24.3 Å². The van der Waals surface area contributed by atoms with Crippen LogP contribution >= 0.6 is 0 Å². The number of nitrogen functional groups attached to an aromatic ring is 1. The lowest BCUT2D eigenvalue weighted by Crippen LogP contribution is -2.12. The van der Waals surface area contributed by atoms with Crippen molar-refractivity contribution >= 4 is 27.5 Å². The monoisotopic (exact) mass is 450 g/mol. The average molecular weight is 450 g/mol.